The number of carbonyl (C=O) groups is 1. The summed E-state index contributed by atoms with van der Waals surface area (Å²) in [6.07, 6.45) is 1.93. The van der Waals surface area contributed by atoms with Crippen LogP contribution in [0.25, 0.3) is 0 Å². The quantitative estimate of drug-likeness (QED) is 0.632. The molecular formula is C7H4BrClF2N2O. The highest BCUT2D eigenvalue weighted by atomic mass is 79.9. The zero-order valence-corrected chi connectivity index (χ0v) is 9.02. The molecule has 1 rings (SSSR count). The molecule has 0 bridgehead atoms. The second-order valence-electron chi connectivity index (χ2n) is 2.34. The number of ketones is 1. The van der Waals surface area contributed by atoms with Crippen LogP contribution in [0.5, 0.6) is 0 Å². The number of Topliss-reactive ketones (excluding diaryl/α,β-unsaturated/α-hetero) is 1. The van der Waals surface area contributed by atoms with E-state index in [1.54, 1.807) is 0 Å². The van der Waals surface area contributed by atoms with Gasteiger partial charge in [0.25, 0.3) is 0 Å². The minimum Gasteiger partial charge on any atom is -0.293 e. The molecule has 1 heterocycles. The van der Waals surface area contributed by atoms with Gasteiger partial charge in [-0.1, -0.05) is 15.9 Å². The fraction of sp³-hybridized carbons (Fsp3) is 0.286. The highest BCUT2D eigenvalue weighted by Crippen LogP contribution is 2.32. The first kappa shape index (κ1) is 11.5. The third-order valence-electron chi connectivity index (χ3n) is 1.40. The van der Waals surface area contributed by atoms with Crippen LogP contribution in [0, 0.1) is 0 Å². The maximum absolute atomic E-state index is 12.7. The third kappa shape index (κ3) is 2.45. The van der Waals surface area contributed by atoms with Gasteiger partial charge in [0.15, 0.2) is 5.78 Å². The van der Waals surface area contributed by atoms with Crippen LogP contribution in [0.1, 0.15) is 16.1 Å². The first-order valence-corrected chi connectivity index (χ1v) is 4.93. The van der Waals surface area contributed by atoms with Crippen molar-refractivity contribution in [3.63, 3.8) is 0 Å². The van der Waals surface area contributed by atoms with E-state index in [0.717, 1.165) is 12.5 Å². The van der Waals surface area contributed by atoms with E-state index >= 15 is 0 Å². The highest BCUT2D eigenvalue weighted by Gasteiger charge is 2.34. The van der Waals surface area contributed by atoms with Crippen molar-refractivity contribution >= 4 is 33.3 Å². The van der Waals surface area contributed by atoms with Crippen LogP contribution in [0.2, 0.25) is 0 Å². The molecule has 0 saturated carbocycles. The standard InChI is InChI=1S/C7H4BrClF2N2O/c8-1-5(14)4-2-12-3-13-6(4)7(9,10)11/h2-3H,1H2. The average molecular weight is 285 g/mol. The molecule has 0 saturated heterocycles. The van der Waals surface area contributed by atoms with Crippen LogP contribution in [0.15, 0.2) is 12.5 Å². The molecule has 0 radical (unpaired) electrons. The highest BCUT2D eigenvalue weighted by molar-refractivity contribution is 9.09. The average Bonchev–Trinajstić information content (AvgIpc) is 2.15. The van der Waals surface area contributed by atoms with Gasteiger partial charge in [0, 0.05) is 6.20 Å². The number of halogens is 4. The summed E-state index contributed by atoms with van der Waals surface area (Å²) in [6, 6.07) is 0. The van der Waals surface area contributed by atoms with Gasteiger partial charge in [-0.3, -0.25) is 4.79 Å². The summed E-state index contributed by atoms with van der Waals surface area (Å²) in [5.41, 5.74) is -1.04. The molecule has 1 aromatic heterocycles. The number of aromatic nitrogens is 2. The summed E-state index contributed by atoms with van der Waals surface area (Å²) in [5, 5.41) is -3.74. The number of hydrogen-bond donors (Lipinski definition) is 0. The van der Waals surface area contributed by atoms with E-state index in [1.165, 1.54) is 0 Å². The van der Waals surface area contributed by atoms with Crippen molar-refractivity contribution in [2.45, 2.75) is 5.38 Å². The minimum atomic E-state index is -3.66. The molecule has 0 unspecified atom stereocenters. The molecule has 0 atom stereocenters. The summed E-state index contributed by atoms with van der Waals surface area (Å²) in [7, 11) is 0. The lowest BCUT2D eigenvalue weighted by Gasteiger charge is -2.09. The van der Waals surface area contributed by atoms with Crippen LogP contribution >= 0.6 is 27.5 Å². The molecule has 0 aliphatic carbocycles. The number of nitrogens with zero attached hydrogens (tertiary/aromatic N) is 2. The Balaban J connectivity index is 3.23. The Morgan fingerprint density at radius 2 is 2.29 bits per heavy atom. The summed E-state index contributed by atoms with van der Waals surface area (Å²) < 4.78 is 25.4. The molecule has 0 N–H and O–H groups in total. The van der Waals surface area contributed by atoms with Gasteiger partial charge in [0.1, 0.15) is 12.0 Å². The Bertz CT molecular complexity index is 356. The topological polar surface area (TPSA) is 42.9 Å². The molecule has 0 amide bonds. The van der Waals surface area contributed by atoms with E-state index in [4.69, 9.17) is 11.6 Å². The van der Waals surface area contributed by atoms with E-state index in [0.29, 0.717) is 0 Å². The normalized spacial score (nSPS) is 11.4. The van der Waals surface area contributed by atoms with Crippen molar-refractivity contribution in [1.29, 1.82) is 0 Å². The fourth-order valence-corrected chi connectivity index (χ4v) is 1.28. The third-order valence-corrected chi connectivity index (χ3v) is 2.09. The van der Waals surface area contributed by atoms with Gasteiger partial charge in [0.05, 0.1) is 10.9 Å². The van der Waals surface area contributed by atoms with Gasteiger partial charge in [-0.05, 0) is 11.6 Å². The van der Waals surface area contributed by atoms with Crippen LogP contribution in [0.4, 0.5) is 8.78 Å². The summed E-state index contributed by atoms with van der Waals surface area (Å²) >= 11 is 7.63. The first-order chi connectivity index (χ1) is 6.46. The van der Waals surface area contributed by atoms with Crippen molar-refractivity contribution in [1.82, 2.24) is 9.97 Å². The van der Waals surface area contributed by atoms with Gasteiger partial charge in [-0.15, -0.1) is 0 Å². The predicted molar refractivity (Wildman–Crippen MR) is 49.9 cm³/mol. The minimum absolute atomic E-state index is 0.0830. The maximum atomic E-state index is 12.7. The van der Waals surface area contributed by atoms with Gasteiger partial charge in [-0.25, -0.2) is 9.97 Å². The second kappa shape index (κ2) is 4.27. The van der Waals surface area contributed by atoms with E-state index in [1.807, 2.05) is 0 Å². The number of hydrogen-bond acceptors (Lipinski definition) is 3. The molecule has 0 spiro atoms. The summed E-state index contributed by atoms with van der Waals surface area (Å²) in [4.78, 5) is 17.9. The second-order valence-corrected chi connectivity index (χ2v) is 3.38. The van der Waals surface area contributed by atoms with Crippen molar-refractivity contribution in [3.05, 3.63) is 23.8 Å². The van der Waals surface area contributed by atoms with Crippen LogP contribution in [0.3, 0.4) is 0 Å². The maximum Gasteiger partial charge on any atom is 0.365 e. The Hall–Kier alpha value is -0.620. The molecule has 76 valence electrons. The summed E-state index contributed by atoms with van der Waals surface area (Å²) in [6.45, 7) is 0. The summed E-state index contributed by atoms with van der Waals surface area (Å²) in [5.74, 6) is -0.541. The molecule has 0 aliphatic rings. The predicted octanol–water partition coefficient (Wildman–Crippen LogP) is 2.34. The molecule has 1 aromatic rings. The van der Waals surface area contributed by atoms with Crippen molar-refractivity contribution in [3.8, 4) is 0 Å². The van der Waals surface area contributed by atoms with Crippen molar-refractivity contribution in [2.75, 3.05) is 5.33 Å². The van der Waals surface area contributed by atoms with Crippen molar-refractivity contribution in [2.24, 2.45) is 0 Å². The molecule has 3 nitrogen and oxygen atoms in total. The Morgan fingerprint density at radius 1 is 1.64 bits per heavy atom. The lowest BCUT2D eigenvalue weighted by Crippen LogP contribution is -2.15. The number of carbonyl (C=O) groups excluding carboxylic acids is 1. The number of rotatable bonds is 3. The smallest absolute Gasteiger partial charge is 0.293 e. The SMILES string of the molecule is O=C(CBr)c1cncnc1C(F)(F)Cl. The largest absolute Gasteiger partial charge is 0.365 e. The van der Waals surface area contributed by atoms with Crippen molar-refractivity contribution < 1.29 is 13.6 Å². The lowest BCUT2D eigenvalue weighted by molar-refractivity contribution is 0.0847. The Kier molecular flexibility index (Phi) is 3.49. The first-order valence-electron chi connectivity index (χ1n) is 3.43. The zero-order valence-electron chi connectivity index (χ0n) is 6.68. The monoisotopic (exact) mass is 284 g/mol. The van der Waals surface area contributed by atoms with Crippen LogP contribution in [-0.4, -0.2) is 21.1 Å². The van der Waals surface area contributed by atoms with E-state index in [-0.39, 0.29) is 10.9 Å². The van der Waals surface area contributed by atoms with E-state index in [9.17, 15) is 13.6 Å². The van der Waals surface area contributed by atoms with Crippen LogP contribution < -0.4 is 0 Å². The molecular weight excluding hydrogens is 281 g/mol. The Morgan fingerprint density at radius 3 is 2.79 bits per heavy atom. The van der Waals surface area contributed by atoms with E-state index in [2.05, 4.69) is 25.9 Å². The van der Waals surface area contributed by atoms with Gasteiger partial charge >= 0.3 is 5.38 Å². The molecule has 14 heavy (non-hydrogen) atoms. The number of alkyl halides is 4. The lowest BCUT2D eigenvalue weighted by atomic mass is 10.1. The molecule has 0 aromatic carbocycles. The Labute approximate surface area is 91.6 Å². The zero-order chi connectivity index (χ0) is 10.8. The van der Waals surface area contributed by atoms with Gasteiger partial charge < -0.3 is 0 Å². The van der Waals surface area contributed by atoms with Gasteiger partial charge in [-0.2, -0.15) is 8.78 Å². The molecule has 0 fully saturated rings. The van der Waals surface area contributed by atoms with Gasteiger partial charge in [0.2, 0.25) is 0 Å². The van der Waals surface area contributed by atoms with E-state index < -0.39 is 16.9 Å². The fourth-order valence-electron chi connectivity index (χ4n) is 0.832. The molecule has 0 aliphatic heterocycles. The van der Waals surface area contributed by atoms with Crippen LogP contribution in [-0.2, 0) is 5.38 Å². The molecule has 7 heteroatoms.